The van der Waals surface area contributed by atoms with E-state index < -0.39 is 0 Å². The van der Waals surface area contributed by atoms with Crippen molar-refractivity contribution in [3.05, 3.63) is 60.5 Å². The molecule has 74 valence electrons. The van der Waals surface area contributed by atoms with Crippen molar-refractivity contribution in [1.82, 2.24) is 9.97 Å². The first-order valence-electron chi connectivity index (χ1n) is 4.59. The van der Waals surface area contributed by atoms with Crippen molar-refractivity contribution in [3.8, 4) is 0 Å². The number of nitrogens with zero attached hydrogens (tertiary/aromatic N) is 2. The van der Waals surface area contributed by atoms with Gasteiger partial charge >= 0.3 is 0 Å². The number of hydrogen-bond acceptors (Lipinski definition) is 3. The van der Waals surface area contributed by atoms with Gasteiger partial charge in [0, 0.05) is 17.1 Å². The molecule has 0 saturated heterocycles. The van der Waals surface area contributed by atoms with Crippen LogP contribution >= 0.6 is 11.3 Å². The summed E-state index contributed by atoms with van der Waals surface area (Å²) in [7, 11) is 0. The van der Waals surface area contributed by atoms with Crippen LogP contribution in [0, 0.1) is 0 Å². The van der Waals surface area contributed by atoms with E-state index in [4.69, 9.17) is 0 Å². The zero-order valence-electron chi connectivity index (χ0n) is 8.08. The Balaban J connectivity index is 0.000000124. The normalized spacial score (nSPS) is 9.33. The summed E-state index contributed by atoms with van der Waals surface area (Å²) in [5, 5.41) is 3.47. The SMILES string of the molecule is c1ccc2sccc2c1.c1cncnc1. The highest BCUT2D eigenvalue weighted by molar-refractivity contribution is 7.17. The highest BCUT2D eigenvalue weighted by Gasteiger charge is 1.87. The average molecular weight is 214 g/mol. The predicted molar refractivity (Wildman–Crippen MR) is 63.9 cm³/mol. The molecule has 0 spiro atoms. The van der Waals surface area contributed by atoms with Crippen molar-refractivity contribution in [2.24, 2.45) is 0 Å². The van der Waals surface area contributed by atoms with Gasteiger partial charge in [-0.25, -0.2) is 9.97 Å². The predicted octanol–water partition coefficient (Wildman–Crippen LogP) is 3.38. The van der Waals surface area contributed by atoms with Gasteiger partial charge in [-0.3, -0.25) is 0 Å². The summed E-state index contributed by atoms with van der Waals surface area (Å²) in [6.45, 7) is 0. The molecule has 1 aromatic carbocycles. The standard InChI is InChI=1S/C8H6S.C4H4N2/c1-2-4-8-7(3-1)5-6-9-8;1-2-5-4-6-3-1/h1-6H;1-4H. The maximum absolute atomic E-state index is 3.67. The van der Waals surface area contributed by atoms with Gasteiger partial charge in [0.15, 0.2) is 0 Å². The molecule has 0 bridgehead atoms. The summed E-state index contributed by atoms with van der Waals surface area (Å²) in [4.78, 5) is 7.35. The topological polar surface area (TPSA) is 25.8 Å². The highest BCUT2D eigenvalue weighted by Crippen LogP contribution is 2.18. The molecule has 3 aromatic rings. The van der Waals surface area contributed by atoms with Gasteiger partial charge in [0.25, 0.3) is 0 Å². The first kappa shape index (κ1) is 9.80. The summed E-state index contributed by atoms with van der Waals surface area (Å²) in [6.07, 6.45) is 4.88. The van der Waals surface area contributed by atoms with E-state index in [1.54, 1.807) is 29.8 Å². The molecule has 0 saturated carbocycles. The van der Waals surface area contributed by atoms with Crippen LogP contribution in [0.4, 0.5) is 0 Å². The molecule has 2 heterocycles. The van der Waals surface area contributed by atoms with Crippen LogP contribution in [0.5, 0.6) is 0 Å². The monoisotopic (exact) mass is 214 g/mol. The van der Waals surface area contributed by atoms with E-state index in [9.17, 15) is 0 Å². The Bertz CT molecular complexity index is 448. The van der Waals surface area contributed by atoms with Crippen LogP contribution < -0.4 is 0 Å². The molecule has 15 heavy (non-hydrogen) atoms. The maximum Gasteiger partial charge on any atom is 0.115 e. The molecule has 0 amide bonds. The van der Waals surface area contributed by atoms with Crippen LogP contribution in [0.3, 0.4) is 0 Å². The molecule has 3 rings (SSSR count). The maximum atomic E-state index is 3.67. The summed E-state index contributed by atoms with van der Waals surface area (Å²) in [6, 6.07) is 12.3. The second-order valence-corrected chi connectivity index (χ2v) is 3.81. The van der Waals surface area contributed by atoms with Gasteiger partial charge in [0.1, 0.15) is 6.33 Å². The van der Waals surface area contributed by atoms with Crippen molar-refractivity contribution in [1.29, 1.82) is 0 Å². The molecule has 0 unspecified atom stereocenters. The van der Waals surface area contributed by atoms with Crippen LogP contribution in [-0.2, 0) is 0 Å². The van der Waals surface area contributed by atoms with E-state index in [-0.39, 0.29) is 0 Å². The number of hydrogen-bond donors (Lipinski definition) is 0. The lowest BCUT2D eigenvalue weighted by Crippen LogP contribution is -1.66. The van der Waals surface area contributed by atoms with E-state index in [1.807, 2.05) is 0 Å². The lowest BCUT2D eigenvalue weighted by Gasteiger charge is -1.82. The van der Waals surface area contributed by atoms with Crippen molar-refractivity contribution in [3.63, 3.8) is 0 Å². The molecule has 0 atom stereocenters. The molecule has 2 nitrogen and oxygen atoms in total. The summed E-state index contributed by atoms with van der Waals surface area (Å²) in [5.74, 6) is 0. The Morgan fingerprint density at radius 3 is 2.27 bits per heavy atom. The van der Waals surface area contributed by atoms with Gasteiger partial charge in [0.2, 0.25) is 0 Å². The quantitative estimate of drug-likeness (QED) is 0.573. The van der Waals surface area contributed by atoms with Gasteiger partial charge < -0.3 is 0 Å². The molecule has 0 aliphatic rings. The van der Waals surface area contributed by atoms with Crippen molar-refractivity contribution in [2.75, 3.05) is 0 Å². The van der Waals surface area contributed by atoms with Crippen molar-refractivity contribution < 1.29 is 0 Å². The molecule has 0 fully saturated rings. The Morgan fingerprint density at radius 1 is 0.867 bits per heavy atom. The Labute approximate surface area is 92.3 Å². The Hall–Kier alpha value is -1.74. The van der Waals surface area contributed by atoms with E-state index in [2.05, 4.69) is 45.7 Å². The molecule has 0 N–H and O–H groups in total. The van der Waals surface area contributed by atoms with Crippen LogP contribution in [0.2, 0.25) is 0 Å². The first-order valence-corrected chi connectivity index (χ1v) is 5.47. The van der Waals surface area contributed by atoms with Crippen molar-refractivity contribution >= 4 is 21.4 Å². The Morgan fingerprint density at radius 2 is 1.67 bits per heavy atom. The highest BCUT2D eigenvalue weighted by atomic mass is 32.1. The molecular formula is C12H10N2S. The smallest absolute Gasteiger partial charge is 0.115 e. The summed E-state index contributed by atoms with van der Waals surface area (Å²) in [5.41, 5.74) is 0. The molecule has 0 aliphatic heterocycles. The second kappa shape index (κ2) is 5.22. The number of rotatable bonds is 0. The summed E-state index contributed by atoms with van der Waals surface area (Å²) < 4.78 is 1.37. The average Bonchev–Trinajstić information content (AvgIpc) is 2.80. The van der Waals surface area contributed by atoms with Gasteiger partial charge in [-0.15, -0.1) is 11.3 Å². The fraction of sp³-hybridized carbons (Fsp3) is 0. The van der Waals surface area contributed by atoms with Crippen LogP contribution in [-0.4, -0.2) is 9.97 Å². The number of benzene rings is 1. The van der Waals surface area contributed by atoms with E-state index in [0.29, 0.717) is 0 Å². The molecule has 0 aliphatic carbocycles. The molecule has 2 aromatic heterocycles. The molecule has 0 radical (unpaired) electrons. The zero-order valence-corrected chi connectivity index (χ0v) is 8.89. The van der Waals surface area contributed by atoms with Crippen LogP contribution in [0.25, 0.3) is 10.1 Å². The van der Waals surface area contributed by atoms with Crippen molar-refractivity contribution in [2.45, 2.75) is 0 Å². The van der Waals surface area contributed by atoms with Crippen LogP contribution in [0.1, 0.15) is 0 Å². The largest absolute Gasteiger partial charge is 0.245 e. The lowest BCUT2D eigenvalue weighted by molar-refractivity contribution is 1.17. The second-order valence-electron chi connectivity index (χ2n) is 2.86. The van der Waals surface area contributed by atoms with E-state index in [0.717, 1.165) is 0 Å². The van der Waals surface area contributed by atoms with Gasteiger partial charge in [-0.05, 0) is 29.0 Å². The van der Waals surface area contributed by atoms with Gasteiger partial charge in [-0.2, -0.15) is 0 Å². The minimum Gasteiger partial charge on any atom is -0.245 e. The minimum absolute atomic E-state index is 1.35. The zero-order chi connectivity index (χ0) is 10.3. The Kier molecular flexibility index (Phi) is 3.41. The van der Waals surface area contributed by atoms with E-state index in [1.165, 1.54) is 16.4 Å². The third-order valence-electron chi connectivity index (χ3n) is 1.84. The number of aromatic nitrogens is 2. The van der Waals surface area contributed by atoms with E-state index >= 15 is 0 Å². The number of fused-ring (bicyclic) bond motifs is 1. The fourth-order valence-electron chi connectivity index (χ4n) is 1.16. The molecular weight excluding hydrogens is 204 g/mol. The first-order chi connectivity index (χ1) is 7.47. The summed E-state index contributed by atoms with van der Waals surface area (Å²) >= 11 is 1.79. The fourth-order valence-corrected chi connectivity index (χ4v) is 1.95. The third-order valence-corrected chi connectivity index (χ3v) is 2.74. The number of thiophene rings is 1. The van der Waals surface area contributed by atoms with Gasteiger partial charge in [0.05, 0.1) is 0 Å². The van der Waals surface area contributed by atoms with Gasteiger partial charge in [-0.1, -0.05) is 18.2 Å². The third kappa shape index (κ3) is 2.86. The van der Waals surface area contributed by atoms with Crippen LogP contribution in [0.15, 0.2) is 60.5 Å². The lowest BCUT2D eigenvalue weighted by atomic mass is 10.3. The molecule has 3 heteroatoms. The minimum atomic E-state index is 1.35.